The van der Waals surface area contributed by atoms with Gasteiger partial charge in [0.2, 0.25) is 0 Å². The molecule has 0 saturated carbocycles. The van der Waals surface area contributed by atoms with Crippen molar-refractivity contribution in [2.24, 2.45) is 0 Å². The van der Waals surface area contributed by atoms with Gasteiger partial charge >= 0.3 is 0 Å². The van der Waals surface area contributed by atoms with E-state index in [1.165, 1.54) is 5.56 Å². The van der Waals surface area contributed by atoms with Gasteiger partial charge in [0.1, 0.15) is 0 Å². The van der Waals surface area contributed by atoms with Crippen LogP contribution in [0.2, 0.25) is 0 Å². The highest BCUT2D eigenvalue weighted by Crippen LogP contribution is 2.09. The van der Waals surface area contributed by atoms with Crippen molar-refractivity contribution in [3.05, 3.63) is 29.8 Å². The van der Waals surface area contributed by atoms with Crippen molar-refractivity contribution in [1.29, 1.82) is 0 Å². The van der Waals surface area contributed by atoms with Crippen LogP contribution in [0, 0.1) is 0 Å². The Morgan fingerprint density at radius 2 is 1.85 bits per heavy atom. The largest absolute Gasteiger partial charge is 0.305 e. The predicted molar refractivity (Wildman–Crippen MR) is 54.5 cm³/mol. The first-order valence-electron chi connectivity index (χ1n) is 4.25. The van der Waals surface area contributed by atoms with Crippen molar-refractivity contribution < 1.29 is 4.84 Å². The van der Waals surface area contributed by atoms with Crippen LogP contribution in [0.3, 0.4) is 0 Å². The fourth-order valence-corrected chi connectivity index (χ4v) is 1.16. The minimum atomic E-state index is 0.966. The lowest BCUT2D eigenvalue weighted by Crippen LogP contribution is -2.10. The van der Waals surface area contributed by atoms with Crippen LogP contribution >= 0.6 is 0 Å². The molecule has 0 aliphatic heterocycles. The van der Waals surface area contributed by atoms with E-state index in [1.807, 2.05) is 12.1 Å². The molecule has 1 rings (SSSR count). The van der Waals surface area contributed by atoms with Crippen LogP contribution in [0.5, 0.6) is 0 Å². The van der Waals surface area contributed by atoms with Gasteiger partial charge in [-0.3, -0.25) is 10.3 Å². The van der Waals surface area contributed by atoms with Gasteiger partial charge in [-0.1, -0.05) is 12.1 Å². The van der Waals surface area contributed by atoms with E-state index in [1.54, 1.807) is 7.11 Å². The summed E-state index contributed by atoms with van der Waals surface area (Å²) in [4.78, 5) is 6.93. The van der Waals surface area contributed by atoms with Gasteiger partial charge in [-0.25, -0.2) is 0 Å². The second-order valence-electron chi connectivity index (χ2n) is 3.24. The molecular weight excluding hydrogens is 164 g/mol. The Labute approximate surface area is 79.3 Å². The Balaban J connectivity index is 2.59. The van der Waals surface area contributed by atoms with Crippen LogP contribution in [0.1, 0.15) is 5.56 Å². The van der Waals surface area contributed by atoms with Gasteiger partial charge in [-0.2, -0.15) is 0 Å². The number of rotatable bonds is 4. The van der Waals surface area contributed by atoms with Crippen LogP contribution < -0.4 is 5.48 Å². The molecule has 3 heteroatoms. The Morgan fingerprint density at radius 1 is 1.23 bits per heavy atom. The highest BCUT2D eigenvalue weighted by Gasteiger charge is 1.95. The summed E-state index contributed by atoms with van der Waals surface area (Å²) in [5.41, 5.74) is 5.05. The van der Waals surface area contributed by atoms with E-state index in [0.717, 1.165) is 12.2 Å². The average molecular weight is 180 g/mol. The zero-order valence-electron chi connectivity index (χ0n) is 8.37. The molecule has 0 fully saturated rings. The molecule has 0 aromatic heterocycles. The van der Waals surface area contributed by atoms with E-state index in [4.69, 9.17) is 4.84 Å². The van der Waals surface area contributed by atoms with Crippen molar-refractivity contribution in [1.82, 2.24) is 4.90 Å². The van der Waals surface area contributed by atoms with Crippen molar-refractivity contribution in [3.8, 4) is 0 Å². The lowest BCUT2D eigenvalue weighted by Gasteiger charge is -2.10. The molecule has 0 saturated heterocycles. The number of hydrogen-bond acceptors (Lipinski definition) is 3. The van der Waals surface area contributed by atoms with Gasteiger partial charge in [0.25, 0.3) is 0 Å². The SMILES string of the molecule is CONc1ccc(CN(C)C)cc1. The molecule has 0 spiro atoms. The van der Waals surface area contributed by atoms with Gasteiger partial charge in [0.05, 0.1) is 12.8 Å². The fourth-order valence-electron chi connectivity index (χ4n) is 1.16. The molecule has 0 atom stereocenters. The Hall–Kier alpha value is -1.06. The standard InChI is InChI=1S/C10H16N2O/c1-12(2)8-9-4-6-10(7-5-9)11-13-3/h4-7,11H,8H2,1-3H3. The van der Waals surface area contributed by atoms with Crippen molar-refractivity contribution in [2.45, 2.75) is 6.54 Å². The van der Waals surface area contributed by atoms with E-state index in [0.29, 0.717) is 0 Å². The second kappa shape index (κ2) is 4.84. The summed E-state index contributed by atoms with van der Waals surface area (Å²) >= 11 is 0. The maximum absolute atomic E-state index is 4.79. The van der Waals surface area contributed by atoms with Crippen LogP contribution in [0.4, 0.5) is 5.69 Å². The Morgan fingerprint density at radius 3 is 2.31 bits per heavy atom. The van der Waals surface area contributed by atoms with E-state index < -0.39 is 0 Å². The zero-order chi connectivity index (χ0) is 9.68. The molecule has 13 heavy (non-hydrogen) atoms. The van der Waals surface area contributed by atoms with Crippen LogP contribution in [0.25, 0.3) is 0 Å². The molecule has 0 unspecified atom stereocenters. The maximum atomic E-state index is 4.79. The quantitative estimate of drug-likeness (QED) is 0.714. The molecule has 72 valence electrons. The number of nitrogens with zero attached hydrogens (tertiary/aromatic N) is 1. The molecule has 0 radical (unpaired) electrons. The van der Waals surface area contributed by atoms with Crippen molar-refractivity contribution in [2.75, 3.05) is 26.7 Å². The summed E-state index contributed by atoms with van der Waals surface area (Å²) < 4.78 is 0. The van der Waals surface area contributed by atoms with Gasteiger partial charge in [0, 0.05) is 6.54 Å². The zero-order valence-corrected chi connectivity index (χ0v) is 8.37. The minimum absolute atomic E-state index is 0.966. The number of anilines is 1. The monoisotopic (exact) mass is 180 g/mol. The van der Waals surface area contributed by atoms with Gasteiger partial charge in [-0.05, 0) is 31.8 Å². The van der Waals surface area contributed by atoms with E-state index in [2.05, 4.69) is 36.6 Å². The van der Waals surface area contributed by atoms with Crippen LogP contribution in [-0.4, -0.2) is 26.1 Å². The van der Waals surface area contributed by atoms with Crippen LogP contribution in [0.15, 0.2) is 24.3 Å². The van der Waals surface area contributed by atoms with Gasteiger partial charge in [-0.15, -0.1) is 0 Å². The first kappa shape index (κ1) is 10.0. The van der Waals surface area contributed by atoms with Crippen molar-refractivity contribution in [3.63, 3.8) is 0 Å². The second-order valence-corrected chi connectivity index (χ2v) is 3.24. The molecule has 0 amide bonds. The third-order valence-electron chi connectivity index (χ3n) is 1.67. The van der Waals surface area contributed by atoms with Gasteiger partial charge in [0.15, 0.2) is 0 Å². The molecule has 1 N–H and O–H groups in total. The lowest BCUT2D eigenvalue weighted by molar-refractivity contribution is 0.271. The van der Waals surface area contributed by atoms with Crippen molar-refractivity contribution >= 4 is 5.69 Å². The summed E-state index contributed by atoms with van der Waals surface area (Å²) in [5.74, 6) is 0. The molecule has 0 bridgehead atoms. The number of hydrogen-bond donors (Lipinski definition) is 1. The lowest BCUT2D eigenvalue weighted by atomic mass is 10.2. The van der Waals surface area contributed by atoms with E-state index in [9.17, 15) is 0 Å². The Kier molecular flexibility index (Phi) is 3.73. The van der Waals surface area contributed by atoms with E-state index >= 15 is 0 Å². The molecule has 3 nitrogen and oxygen atoms in total. The van der Waals surface area contributed by atoms with Gasteiger partial charge < -0.3 is 4.90 Å². The Bertz CT molecular complexity index is 244. The summed E-state index contributed by atoms with van der Waals surface area (Å²) in [6.45, 7) is 0.966. The molecule has 0 heterocycles. The predicted octanol–water partition coefficient (Wildman–Crippen LogP) is 1.72. The molecule has 1 aromatic carbocycles. The highest BCUT2D eigenvalue weighted by atomic mass is 16.6. The minimum Gasteiger partial charge on any atom is -0.305 e. The van der Waals surface area contributed by atoms with Crippen LogP contribution in [-0.2, 0) is 11.4 Å². The molecule has 1 aromatic rings. The fraction of sp³-hybridized carbons (Fsp3) is 0.400. The summed E-state index contributed by atoms with van der Waals surface area (Å²) in [5, 5.41) is 0. The molecular formula is C10H16N2O. The smallest absolute Gasteiger partial charge is 0.0636 e. The highest BCUT2D eigenvalue weighted by molar-refractivity contribution is 5.42. The summed E-state index contributed by atoms with van der Waals surface area (Å²) in [6, 6.07) is 8.17. The summed E-state index contributed by atoms with van der Waals surface area (Å²) in [7, 11) is 5.72. The average Bonchev–Trinajstić information content (AvgIpc) is 2.08. The normalized spacial score (nSPS) is 10.5. The first-order valence-corrected chi connectivity index (χ1v) is 4.25. The number of benzene rings is 1. The topological polar surface area (TPSA) is 24.5 Å². The third-order valence-corrected chi connectivity index (χ3v) is 1.67. The summed E-state index contributed by atoms with van der Waals surface area (Å²) in [6.07, 6.45) is 0. The first-order chi connectivity index (χ1) is 6.22. The maximum Gasteiger partial charge on any atom is 0.0636 e. The third kappa shape index (κ3) is 3.44. The molecule has 0 aliphatic carbocycles. The number of nitrogens with one attached hydrogen (secondary N) is 1. The molecule has 0 aliphatic rings. The van der Waals surface area contributed by atoms with E-state index in [-0.39, 0.29) is 0 Å².